The van der Waals surface area contributed by atoms with Crippen molar-refractivity contribution in [3.8, 4) is 0 Å². The van der Waals surface area contributed by atoms with Crippen LogP contribution in [0.2, 0.25) is 5.02 Å². The van der Waals surface area contributed by atoms with E-state index in [4.69, 9.17) is 21.5 Å². The van der Waals surface area contributed by atoms with Crippen LogP contribution < -0.4 is 0 Å². The minimum absolute atomic E-state index is 0.112. The van der Waals surface area contributed by atoms with E-state index in [1.807, 2.05) is 19.9 Å². The monoisotopic (exact) mass is 353 g/mol. The summed E-state index contributed by atoms with van der Waals surface area (Å²) in [5.74, 6) is -0.208. The molecule has 8 heteroatoms. The first-order valence-corrected chi connectivity index (χ1v) is 7.56. The van der Waals surface area contributed by atoms with Crippen LogP contribution in [0.4, 0.5) is 0 Å². The van der Waals surface area contributed by atoms with Crippen molar-refractivity contribution >= 4 is 24.0 Å². The van der Waals surface area contributed by atoms with Gasteiger partial charge in [0.2, 0.25) is 0 Å². The van der Waals surface area contributed by atoms with Crippen LogP contribution in [0.5, 0.6) is 0 Å². The summed E-state index contributed by atoms with van der Waals surface area (Å²) in [7, 11) is 0. The van der Waals surface area contributed by atoms with E-state index < -0.39 is 0 Å². The maximum Gasteiger partial charge on any atom is 0.290 e. The zero-order valence-electron chi connectivity index (χ0n) is 13.5. The molecule has 0 spiro atoms. The van der Waals surface area contributed by atoms with Crippen LogP contribution in [-0.4, -0.2) is 50.6 Å². The lowest BCUT2D eigenvalue weighted by Gasteiger charge is -2.22. The van der Waals surface area contributed by atoms with Crippen molar-refractivity contribution < 1.29 is 19.8 Å². The maximum absolute atomic E-state index is 12.6. The molecule has 0 aliphatic carbocycles. The zero-order valence-corrected chi connectivity index (χ0v) is 14.2. The number of aromatic amines is 1. The highest BCUT2D eigenvalue weighted by Crippen LogP contribution is 2.22. The first kappa shape index (κ1) is 19.7. The molecule has 2 aromatic rings. The molecule has 0 fully saturated rings. The molecule has 2 rings (SSSR count). The highest BCUT2D eigenvalue weighted by Gasteiger charge is 2.20. The lowest BCUT2D eigenvalue weighted by Crippen LogP contribution is -2.33. The number of carbonyl (C=O) groups is 2. The lowest BCUT2D eigenvalue weighted by molar-refractivity contribution is -0.122. The Morgan fingerprint density at radius 3 is 2.62 bits per heavy atom. The van der Waals surface area contributed by atoms with Gasteiger partial charge in [-0.3, -0.25) is 9.59 Å². The first-order chi connectivity index (χ1) is 11.5. The Morgan fingerprint density at radius 2 is 2.08 bits per heavy atom. The number of imidazole rings is 1. The van der Waals surface area contributed by atoms with Crippen LogP contribution >= 0.6 is 11.6 Å². The molecular weight excluding hydrogens is 334 g/mol. The van der Waals surface area contributed by atoms with Crippen LogP contribution in [-0.2, 0) is 11.3 Å². The molecule has 0 aliphatic heterocycles. The van der Waals surface area contributed by atoms with E-state index in [1.54, 1.807) is 23.4 Å². The van der Waals surface area contributed by atoms with E-state index in [2.05, 4.69) is 9.97 Å². The van der Waals surface area contributed by atoms with Crippen molar-refractivity contribution in [1.82, 2.24) is 14.9 Å². The van der Waals surface area contributed by atoms with Gasteiger partial charge in [0.1, 0.15) is 0 Å². The molecule has 1 amide bonds. The zero-order chi connectivity index (χ0) is 18.1. The number of aromatic nitrogens is 2. The van der Waals surface area contributed by atoms with Crippen molar-refractivity contribution in [2.24, 2.45) is 0 Å². The van der Waals surface area contributed by atoms with Crippen molar-refractivity contribution in [2.45, 2.75) is 20.4 Å². The van der Waals surface area contributed by atoms with Crippen molar-refractivity contribution in [1.29, 1.82) is 0 Å². The van der Waals surface area contributed by atoms with Crippen LogP contribution in [0.3, 0.4) is 0 Å². The fourth-order valence-corrected chi connectivity index (χ4v) is 2.29. The Bertz CT molecular complexity index is 688. The fraction of sp³-hybridized carbons (Fsp3) is 0.312. The molecule has 0 unspecified atom stereocenters. The number of aliphatic hydroxyl groups excluding tert-OH is 1. The molecule has 0 saturated heterocycles. The van der Waals surface area contributed by atoms with Gasteiger partial charge in [-0.1, -0.05) is 23.7 Å². The smallest absolute Gasteiger partial charge is 0.290 e. The summed E-state index contributed by atoms with van der Waals surface area (Å²) in [4.78, 5) is 29.7. The van der Waals surface area contributed by atoms with Crippen LogP contribution in [0.15, 0.2) is 24.5 Å². The summed E-state index contributed by atoms with van der Waals surface area (Å²) in [6.07, 6.45) is 1.59. The molecule has 3 N–H and O–H groups in total. The molecule has 7 nitrogen and oxygen atoms in total. The summed E-state index contributed by atoms with van der Waals surface area (Å²) in [5, 5.41) is 16.5. The molecule has 1 aromatic heterocycles. The van der Waals surface area contributed by atoms with E-state index in [-0.39, 0.29) is 25.5 Å². The van der Waals surface area contributed by atoms with Gasteiger partial charge in [-0.25, -0.2) is 4.98 Å². The van der Waals surface area contributed by atoms with E-state index in [9.17, 15) is 9.90 Å². The average molecular weight is 354 g/mol. The van der Waals surface area contributed by atoms with Gasteiger partial charge in [0.25, 0.3) is 12.4 Å². The van der Waals surface area contributed by atoms with E-state index in [1.165, 1.54) is 0 Å². The number of carbonyl (C=O) groups excluding carboxylic acids is 1. The third kappa shape index (κ3) is 5.07. The number of nitrogens with one attached hydrogen (secondary N) is 1. The molecule has 1 heterocycles. The van der Waals surface area contributed by atoms with Gasteiger partial charge in [0.15, 0.2) is 0 Å². The van der Waals surface area contributed by atoms with Gasteiger partial charge < -0.3 is 20.1 Å². The standard InChI is InChI=1S/C15H18ClN3O2.CH2O2/c1-10-4-3-5-12(14(10)16)15(21)19(6-7-20)8-13-11(2)17-9-18-13;2-1-3/h3-5,9,20H,6-8H2,1-2H3,(H,17,18);1H,(H,2,3). The molecule has 0 atom stereocenters. The van der Waals surface area contributed by atoms with Gasteiger partial charge in [-0.2, -0.15) is 0 Å². The van der Waals surface area contributed by atoms with E-state index in [0.29, 0.717) is 17.1 Å². The van der Waals surface area contributed by atoms with Gasteiger partial charge in [-0.05, 0) is 25.5 Å². The Morgan fingerprint density at radius 1 is 1.42 bits per heavy atom. The van der Waals surface area contributed by atoms with E-state index in [0.717, 1.165) is 17.0 Å². The predicted molar refractivity (Wildman–Crippen MR) is 90.0 cm³/mol. The molecule has 24 heavy (non-hydrogen) atoms. The topological polar surface area (TPSA) is 107 Å². The summed E-state index contributed by atoms with van der Waals surface area (Å²) in [5.41, 5.74) is 2.97. The highest BCUT2D eigenvalue weighted by molar-refractivity contribution is 6.34. The molecule has 1 aromatic carbocycles. The molecule has 0 bridgehead atoms. The molecular formula is C16H20ClN3O4. The van der Waals surface area contributed by atoms with Gasteiger partial charge in [-0.15, -0.1) is 0 Å². The number of amides is 1. The Balaban J connectivity index is 0.000000891. The summed E-state index contributed by atoms with van der Waals surface area (Å²) in [6, 6.07) is 5.35. The number of nitrogens with zero attached hydrogens (tertiary/aromatic N) is 2. The van der Waals surface area contributed by atoms with Crippen LogP contribution in [0.1, 0.15) is 27.3 Å². The minimum atomic E-state index is -0.250. The highest BCUT2D eigenvalue weighted by atomic mass is 35.5. The fourth-order valence-electron chi connectivity index (χ4n) is 2.08. The Kier molecular flexibility index (Phi) is 7.94. The number of rotatable bonds is 5. The third-order valence-electron chi connectivity index (χ3n) is 3.35. The number of benzene rings is 1. The third-order valence-corrected chi connectivity index (χ3v) is 3.86. The number of hydrogen-bond acceptors (Lipinski definition) is 4. The Labute approximate surface area is 144 Å². The number of aliphatic hydroxyl groups is 1. The quantitative estimate of drug-likeness (QED) is 0.713. The van der Waals surface area contributed by atoms with Gasteiger partial charge in [0.05, 0.1) is 35.8 Å². The van der Waals surface area contributed by atoms with Crippen molar-refractivity contribution in [3.05, 3.63) is 52.1 Å². The maximum atomic E-state index is 12.6. The number of H-pyrrole nitrogens is 1. The van der Waals surface area contributed by atoms with Crippen molar-refractivity contribution in [3.63, 3.8) is 0 Å². The number of hydrogen-bond donors (Lipinski definition) is 3. The molecule has 130 valence electrons. The summed E-state index contributed by atoms with van der Waals surface area (Å²) < 4.78 is 0. The summed E-state index contributed by atoms with van der Waals surface area (Å²) in [6.45, 7) is 3.95. The largest absolute Gasteiger partial charge is 0.483 e. The van der Waals surface area contributed by atoms with E-state index >= 15 is 0 Å². The first-order valence-electron chi connectivity index (χ1n) is 7.18. The summed E-state index contributed by atoms with van der Waals surface area (Å²) >= 11 is 6.21. The minimum Gasteiger partial charge on any atom is -0.483 e. The lowest BCUT2D eigenvalue weighted by atomic mass is 10.1. The second kappa shape index (κ2) is 9.69. The molecule has 0 aliphatic rings. The average Bonchev–Trinajstić information content (AvgIpc) is 2.95. The van der Waals surface area contributed by atoms with Crippen LogP contribution in [0.25, 0.3) is 0 Å². The number of aryl methyl sites for hydroxylation is 2. The SMILES string of the molecule is Cc1cccc(C(=O)N(CCO)Cc2nc[nH]c2C)c1Cl.O=CO. The predicted octanol–water partition coefficient (Wildman–Crippen LogP) is 2.02. The second-order valence-corrected chi connectivity index (χ2v) is 5.34. The number of halogens is 1. The van der Waals surface area contributed by atoms with Gasteiger partial charge >= 0.3 is 0 Å². The van der Waals surface area contributed by atoms with Crippen LogP contribution in [0, 0.1) is 13.8 Å². The molecule has 0 radical (unpaired) electrons. The normalized spacial score (nSPS) is 9.83. The number of carboxylic acid groups (broad SMARTS) is 1. The Hall–Kier alpha value is -2.38. The second-order valence-electron chi connectivity index (χ2n) is 4.97. The van der Waals surface area contributed by atoms with Crippen molar-refractivity contribution in [2.75, 3.05) is 13.2 Å². The van der Waals surface area contributed by atoms with Gasteiger partial charge in [0, 0.05) is 12.2 Å². The molecule has 0 saturated carbocycles.